The molecule has 4 N–H and O–H groups in total. The van der Waals surface area contributed by atoms with E-state index in [0.717, 1.165) is 16.7 Å². The molecule has 3 rings (SSSR count). The van der Waals surface area contributed by atoms with E-state index in [1.54, 1.807) is 0 Å². The zero-order chi connectivity index (χ0) is 18.7. The summed E-state index contributed by atoms with van der Waals surface area (Å²) in [5.74, 6) is -0.136. The third-order valence-electron chi connectivity index (χ3n) is 4.49. The van der Waals surface area contributed by atoms with Crippen molar-refractivity contribution in [3.63, 3.8) is 0 Å². The lowest BCUT2D eigenvalue weighted by molar-refractivity contribution is -0.181. The van der Waals surface area contributed by atoms with Crippen molar-refractivity contribution >= 4 is 11.6 Å². The molecular formula is C20H23NO5. The summed E-state index contributed by atoms with van der Waals surface area (Å²) >= 11 is 0. The number of amides is 1. The molecule has 2 aromatic carbocycles. The molecule has 0 saturated carbocycles. The van der Waals surface area contributed by atoms with Crippen LogP contribution in [-0.4, -0.2) is 46.1 Å². The van der Waals surface area contributed by atoms with Gasteiger partial charge in [-0.1, -0.05) is 30.3 Å². The van der Waals surface area contributed by atoms with Crippen molar-refractivity contribution in [3.8, 4) is 11.1 Å². The van der Waals surface area contributed by atoms with Gasteiger partial charge in [0.15, 0.2) is 0 Å². The fraction of sp³-hybridized carbons (Fsp3) is 0.350. The van der Waals surface area contributed by atoms with Crippen LogP contribution in [0.2, 0.25) is 0 Å². The lowest BCUT2D eigenvalue weighted by Crippen LogP contribution is -2.44. The summed E-state index contributed by atoms with van der Waals surface area (Å²) < 4.78 is 5.71. The highest BCUT2D eigenvalue weighted by Gasteiger charge is 2.36. The van der Waals surface area contributed by atoms with E-state index in [1.807, 2.05) is 48.5 Å². The van der Waals surface area contributed by atoms with E-state index >= 15 is 0 Å². The van der Waals surface area contributed by atoms with Crippen molar-refractivity contribution < 1.29 is 24.9 Å². The van der Waals surface area contributed by atoms with E-state index in [4.69, 9.17) is 4.74 Å². The number of nitrogens with one attached hydrogen (secondary N) is 1. The van der Waals surface area contributed by atoms with Gasteiger partial charge in [0.1, 0.15) is 12.2 Å². The van der Waals surface area contributed by atoms with E-state index in [1.165, 1.54) is 6.92 Å². The first-order valence-electron chi connectivity index (χ1n) is 8.58. The van der Waals surface area contributed by atoms with Gasteiger partial charge in [0.2, 0.25) is 5.91 Å². The number of hydrogen-bond donors (Lipinski definition) is 4. The molecular weight excluding hydrogens is 334 g/mol. The molecule has 4 atom stereocenters. The van der Waals surface area contributed by atoms with Gasteiger partial charge in [-0.05, 0) is 34.9 Å². The molecule has 6 nitrogen and oxygen atoms in total. The normalized spacial score (nSPS) is 25.7. The van der Waals surface area contributed by atoms with Crippen molar-refractivity contribution in [1.29, 1.82) is 0 Å². The average molecular weight is 357 g/mol. The summed E-state index contributed by atoms with van der Waals surface area (Å²) in [6, 6.07) is 15.0. The molecule has 6 heteroatoms. The molecule has 2 aromatic rings. The molecule has 1 amide bonds. The van der Waals surface area contributed by atoms with Crippen LogP contribution in [-0.2, 0) is 9.53 Å². The van der Waals surface area contributed by atoms with Gasteiger partial charge in [0, 0.05) is 19.0 Å². The third kappa shape index (κ3) is 4.11. The van der Waals surface area contributed by atoms with Crippen LogP contribution in [0.4, 0.5) is 5.69 Å². The minimum Gasteiger partial charge on any atom is -0.394 e. The number of anilines is 1. The summed E-state index contributed by atoms with van der Waals surface area (Å²) in [7, 11) is 0. The topological polar surface area (TPSA) is 99.0 Å². The van der Waals surface area contributed by atoms with Gasteiger partial charge < -0.3 is 25.4 Å². The molecule has 26 heavy (non-hydrogen) atoms. The van der Waals surface area contributed by atoms with Crippen LogP contribution in [0.5, 0.6) is 0 Å². The molecule has 1 aliphatic rings. The maximum absolute atomic E-state index is 11.2. The SMILES string of the molecule is CC(=O)Nc1cccc(-c2cccc(C3O[C@H](CO)C(O)C[C@@H]3O)c2)c1. The minimum atomic E-state index is -0.885. The quantitative estimate of drug-likeness (QED) is 0.669. The van der Waals surface area contributed by atoms with Crippen LogP contribution in [0.25, 0.3) is 11.1 Å². The summed E-state index contributed by atoms with van der Waals surface area (Å²) in [6.07, 6.45) is -2.92. The van der Waals surface area contributed by atoms with E-state index in [0.29, 0.717) is 5.69 Å². The van der Waals surface area contributed by atoms with Crippen molar-refractivity contribution in [2.75, 3.05) is 11.9 Å². The monoisotopic (exact) mass is 357 g/mol. The predicted octanol–water partition coefficient (Wildman–Crippen LogP) is 1.86. The van der Waals surface area contributed by atoms with E-state index in [9.17, 15) is 20.1 Å². The van der Waals surface area contributed by atoms with Crippen molar-refractivity contribution in [1.82, 2.24) is 0 Å². The van der Waals surface area contributed by atoms with E-state index < -0.39 is 24.4 Å². The molecule has 0 spiro atoms. The molecule has 1 saturated heterocycles. The Morgan fingerprint density at radius 2 is 1.81 bits per heavy atom. The number of hydrogen-bond acceptors (Lipinski definition) is 5. The molecule has 1 fully saturated rings. The third-order valence-corrected chi connectivity index (χ3v) is 4.49. The Labute approximate surface area is 152 Å². The van der Waals surface area contributed by atoms with Gasteiger partial charge in [0.05, 0.1) is 18.8 Å². The van der Waals surface area contributed by atoms with Crippen LogP contribution < -0.4 is 5.32 Å². The molecule has 0 radical (unpaired) electrons. The number of carbonyl (C=O) groups is 1. The average Bonchev–Trinajstić information content (AvgIpc) is 2.62. The largest absolute Gasteiger partial charge is 0.394 e. The molecule has 1 aliphatic heterocycles. The van der Waals surface area contributed by atoms with Gasteiger partial charge in [-0.3, -0.25) is 4.79 Å². The highest BCUT2D eigenvalue weighted by molar-refractivity contribution is 5.89. The Balaban J connectivity index is 1.88. The Bertz CT molecular complexity index is 778. The molecule has 0 bridgehead atoms. The number of benzene rings is 2. The summed E-state index contributed by atoms with van der Waals surface area (Å²) in [6.45, 7) is 1.16. The van der Waals surface area contributed by atoms with Crippen LogP contribution >= 0.6 is 0 Å². The van der Waals surface area contributed by atoms with Crippen molar-refractivity contribution in [3.05, 3.63) is 54.1 Å². The zero-order valence-corrected chi connectivity index (χ0v) is 14.5. The Kier molecular flexibility index (Phi) is 5.68. The molecule has 138 valence electrons. The van der Waals surface area contributed by atoms with Crippen LogP contribution in [0.1, 0.15) is 25.0 Å². The Hall–Kier alpha value is -2.25. The van der Waals surface area contributed by atoms with Gasteiger partial charge in [-0.15, -0.1) is 0 Å². The first-order chi connectivity index (χ1) is 12.5. The smallest absolute Gasteiger partial charge is 0.221 e. The van der Waals surface area contributed by atoms with E-state index in [2.05, 4.69) is 5.32 Å². The molecule has 0 aromatic heterocycles. The summed E-state index contributed by atoms with van der Waals surface area (Å²) in [4.78, 5) is 11.2. The fourth-order valence-electron chi connectivity index (χ4n) is 3.23. The van der Waals surface area contributed by atoms with Crippen LogP contribution in [0, 0.1) is 0 Å². The van der Waals surface area contributed by atoms with Gasteiger partial charge in [-0.2, -0.15) is 0 Å². The van der Waals surface area contributed by atoms with Crippen LogP contribution in [0.3, 0.4) is 0 Å². The standard InChI is InChI=1S/C20H23NO5/c1-12(23)21-16-7-3-5-14(9-16)13-4-2-6-15(8-13)20-18(25)10-17(24)19(11-22)26-20/h2-9,17-20,22,24-25H,10-11H2,1H3,(H,21,23)/t17?,18-,19+,20?/m0/s1. The number of carbonyl (C=O) groups excluding carboxylic acids is 1. The molecule has 1 heterocycles. The van der Waals surface area contributed by atoms with Crippen LogP contribution in [0.15, 0.2) is 48.5 Å². The first kappa shape index (κ1) is 18.5. The maximum Gasteiger partial charge on any atom is 0.221 e. The number of rotatable bonds is 4. The van der Waals surface area contributed by atoms with E-state index in [-0.39, 0.29) is 18.9 Å². The van der Waals surface area contributed by atoms with Crippen molar-refractivity contribution in [2.45, 2.75) is 37.8 Å². The highest BCUT2D eigenvalue weighted by Crippen LogP contribution is 2.34. The maximum atomic E-state index is 11.2. The summed E-state index contributed by atoms with van der Waals surface area (Å²) in [5.41, 5.74) is 3.31. The highest BCUT2D eigenvalue weighted by atomic mass is 16.5. The minimum absolute atomic E-state index is 0.136. The second-order valence-corrected chi connectivity index (χ2v) is 6.54. The fourth-order valence-corrected chi connectivity index (χ4v) is 3.23. The molecule has 2 unspecified atom stereocenters. The predicted molar refractivity (Wildman–Crippen MR) is 97.5 cm³/mol. The van der Waals surface area contributed by atoms with Crippen molar-refractivity contribution in [2.24, 2.45) is 0 Å². The lowest BCUT2D eigenvalue weighted by atomic mass is 9.92. The number of ether oxygens (including phenoxy) is 1. The van der Waals surface area contributed by atoms with Gasteiger partial charge in [0.25, 0.3) is 0 Å². The Morgan fingerprint density at radius 3 is 2.50 bits per heavy atom. The second-order valence-electron chi connectivity index (χ2n) is 6.54. The lowest BCUT2D eigenvalue weighted by Gasteiger charge is -2.36. The molecule has 0 aliphatic carbocycles. The zero-order valence-electron chi connectivity index (χ0n) is 14.5. The van der Waals surface area contributed by atoms with Gasteiger partial charge >= 0.3 is 0 Å². The summed E-state index contributed by atoms with van der Waals surface area (Å²) in [5, 5.41) is 32.3. The first-order valence-corrected chi connectivity index (χ1v) is 8.58. The number of aliphatic hydroxyl groups excluding tert-OH is 3. The van der Waals surface area contributed by atoms with Gasteiger partial charge in [-0.25, -0.2) is 0 Å². The second kappa shape index (κ2) is 7.97. The Morgan fingerprint density at radius 1 is 1.12 bits per heavy atom. The number of aliphatic hydroxyl groups is 3.